The van der Waals surface area contributed by atoms with Crippen LogP contribution in [-0.2, 0) is 4.79 Å². The van der Waals surface area contributed by atoms with Gasteiger partial charge in [0.1, 0.15) is 0 Å². The van der Waals surface area contributed by atoms with Gasteiger partial charge in [-0.15, -0.1) is 0 Å². The van der Waals surface area contributed by atoms with Gasteiger partial charge in [0.25, 0.3) is 0 Å². The number of aliphatic imine (C=N–C) groups is 1. The van der Waals surface area contributed by atoms with Crippen molar-refractivity contribution >= 4 is 11.9 Å². The van der Waals surface area contributed by atoms with Gasteiger partial charge >= 0.3 is 0 Å². The Kier molecular flexibility index (Phi) is 9.06. The molecule has 1 aliphatic heterocycles. The lowest BCUT2D eigenvalue weighted by Crippen LogP contribution is -2.49. The highest BCUT2D eigenvalue weighted by Crippen LogP contribution is 2.38. The van der Waals surface area contributed by atoms with Crippen molar-refractivity contribution in [2.75, 3.05) is 53.9 Å². The Labute approximate surface area is 172 Å². The van der Waals surface area contributed by atoms with Crippen molar-refractivity contribution < 1.29 is 4.79 Å². The van der Waals surface area contributed by atoms with Crippen LogP contribution in [0.1, 0.15) is 58.8 Å². The molecule has 6 heteroatoms. The van der Waals surface area contributed by atoms with Gasteiger partial charge in [0, 0.05) is 47.3 Å². The summed E-state index contributed by atoms with van der Waals surface area (Å²) in [4.78, 5) is 21.4. The van der Waals surface area contributed by atoms with Crippen LogP contribution in [0.2, 0.25) is 0 Å². The number of carbonyl (C=O) groups is 1. The zero-order valence-corrected chi connectivity index (χ0v) is 18.9. The third kappa shape index (κ3) is 6.64. The molecule has 6 nitrogen and oxygen atoms in total. The van der Waals surface area contributed by atoms with E-state index in [1.807, 2.05) is 14.1 Å². The lowest BCUT2D eigenvalue weighted by molar-refractivity contribution is -0.138. The summed E-state index contributed by atoms with van der Waals surface area (Å²) in [5.41, 5.74) is -0.261. The number of nitrogens with one attached hydrogen (secondary N) is 2. The van der Waals surface area contributed by atoms with Gasteiger partial charge in [0.15, 0.2) is 5.96 Å². The van der Waals surface area contributed by atoms with Crippen LogP contribution < -0.4 is 10.6 Å². The van der Waals surface area contributed by atoms with Gasteiger partial charge in [-0.3, -0.25) is 9.79 Å². The number of nitrogens with zero attached hydrogens (tertiary/aromatic N) is 3. The maximum atomic E-state index is 12.7. The van der Waals surface area contributed by atoms with Gasteiger partial charge in [-0.05, 0) is 50.5 Å². The van der Waals surface area contributed by atoms with Gasteiger partial charge in [-0.25, -0.2) is 0 Å². The third-order valence-corrected chi connectivity index (χ3v) is 6.38. The molecule has 1 saturated carbocycles. The van der Waals surface area contributed by atoms with Gasteiger partial charge in [-0.1, -0.05) is 26.7 Å². The van der Waals surface area contributed by atoms with Crippen molar-refractivity contribution in [1.82, 2.24) is 20.4 Å². The van der Waals surface area contributed by atoms with Crippen molar-refractivity contribution in [3.63, 3.8) is 0 Å². The number of guanidine groups is 1. The van der Waals surface area contributed by atoms with Crippen LogP contribution in [0.5, 0.6) is 0 Å². The molecule has 2 N–H and O–H groups in total. The summed E-state index contributed by atoms with van der Waals surface area (Å²) in [6.07, 6.45) is 7.95. The summed E-state index contributed by atoms with van der Waals surface area (Å²) < 4.78 is 0. The largest absolute Gasteiger partial charge is 0.356 e. The minimum absolute atomic E-state index is 0.248. The van der Waals surface area contributed by atoms with Crippen LogP contribution in [-0.4, -0.2) is 75.5 Å². The molecule has 0 aromatic heterocycles. The molecule has 0 bridgehead atoms. The summed E-state index contributed by atoms with van der Waals surface area (Å²) >= 11 is 0. The van der Waals surface area contributed by atoms with Crippen LogP contribution in [0.25, 0.3) is 0 Å². The number of hydrogen-bond acceptors (Lipinski definition) is 3. The number of likely N-dealkylation sites (tertiary alicyclic amines) is 1. The molecule has 162 valence electrons. The fraction of sp³-hybridized carbons (Fsp3) is 0.909. The molecule has 1 amide bonds. The monoisotopic (exact) mass is 393 g/mol. The van der Waals surface area contributed by atoms with E-state index in [-0.39, 0.29) is 11.3 Å². The highest BCUT2D eigenvalue weighted by molar-refractivity contribution is 5.85. The molecule has 1 aliphatic carbocycles. The van der Waals surface area contributed by atoms with Crippen LogP contribution in [0, 0.1) is 17.3 Å². The first-order chi connectivity index (χ1) is 13.4. The Balaban J connectivity index is 1.68. The van der Waals surface area contributed by atoms with E-state index in [0.29, 0.717) is 6.54 Å². The van der Waals surface area contributed by atoms with E-state index in [1.165, 1.54) is 32.5 Å². The van der Waals surface area contributed by atoms with Crippen molar-refractivity contribution in [2.24, 2.45) is 22.2 Å². The molecule has 2 atom stereocenters. The summed E-state index contributed by atoms with van der Waals surface area (Å²) in [5, 5.41) is 6.85. The van der Waals surface area contributed by atoms with E-state index in [1.54, 1.807) is 11.9 Å². The maximum Gasteiger partial charge on any atom is 0.230 e. The van der Waals surface area contributed by atoms with Gasteiger partial charge < -0.3 is 20.4 Å². The highest BCUT2D eigenvalue weighted by Gasteiger charge is 2.42. The number of unbranched alkanes of at least 4 members (excludes halogenated alkanes) is 1. The molecule has 2 unspecified atom stereocenters. The molecule has 0 aromatic carbocycles. The minimum atomic E-state index is -0.261. The average Bonchev–Trinajstić information content (AvgIpc) is 3.12. The maximum absolute atomic E-state index is 12.7. The zero-order chi connectivity index (χ0) is 20.6. The molecule has 0 radical (unpaired) electrons. The van der Waals surface area contributed by atoms with Crippen LogP contribution in [0.4, 0.5) is 0 Å². The fourth-order valence-corrected chi connectivity index (χ4v) is 5.11. The van der Waals surface area contributed by atoms with Crippen LogP contribution >= 0.6 is 0 Å². The number of hydrogen-bond donors (Lipinski definition) is 2. The SMILES string of the molecule is CN=C(NCCCCN1CC(C)CC(C)C1)NCC1(C(=O)N(C)C)CCCC1. The smallest absolute Gasteiger partial charge is 0.230 e. The molecule has 0 aromatic rings. The Morgan fingerprint density at radius 1 is 1.11 bits per heavy atom. The minimum Gasteiger partial charge on any atom is -0.356 e. The predicted octanol–water partition coefficient (Wildman–Crippen LogP) is 2.56. The molecular weight excluding hydrogens is 350 g/mol. The van der Waals surface area contributed by atoms with Crippen LogP contribution in [0.3, 0.4) is 0 Å². The number of carbonyl (C=O) groups excluding carboxylic acids is 1. The van der Waals surface area contributed by atoms with E-state index in [9.17, 15) is 4.79 Å². The van der Waals surface area contributed by atoms with E-state index in [0.717, 1.165) is 56.4 Å². The molecule has 2 aliphatic rings. The van der Waals surface area contributed by atoms with E-state index in [4.69, 9.17) is 0 Å². The molecule has 2 rings (SSSR count). The summed E-state index contributed by atoms with van der Waals surface area (Å²) in [5.74, 6) is 2.73. The van der Waals surface area contributed by atoms with Gasteiger partial charge in [0.2, 0.25) is 5.91 Å². The fourth-order valence-electron chi connectivity index (χ4n) is 5.11. The molecule has 1 saturated heterocycles. The molecule has 28 heavy (non-hydrogen) atoms. The zero-order valence-electron chi connectivity index (χ0n) is 18.9. The predicted molar refractivity (Wildman–Crippen MR) is 118 cm³/mol. The van der Waals surface area contributed by atoms with E-state index in [2.05, 4.69) is 34.4 Å². The molecule has 2 fully saturated rings. The summed E-state index contributed by atoms with van der Waals surface area (Å²) in [7, 11) is 5.53. The quantitative estimate of drug-likeness (QED) is 0.378. The number of amides is 1. The third-order valence-electron chi connectivity index (χ3n) is 6.38. The Morgan fingerprint density at radius 2 is 1.75 bits per heavy atom. The standard InChI is InChI=1S/C22H43N5O/c1-18-14-19(2)16-27(15-18)13-9-8-12-24-21(23-3)25-17-22(10-6-7-11-22)20(28)26(4)5/h18-19H,6-17H2,1-5H3,(H2,23,24,25). The second-order valence-electron chi connectivity index (χ2n) is 9.45. The topological polar surface area (TPSA) is 60.0 Å². The second kappa shape index (κ2) is 11.0. The second-order valence-corrected chi connectivity index (χ2v) is 9.45. The lowest BCUT2D eigenvalue weighted by Gasteiger charge is -2.35. The van der Waals surface area contributed by atoms with Crippen LogP contribution in [0.15, 0.2) is 4.99 Å². The Bertz CT molecular complexity index is 503. The summed E-state index contributed by atoms with van der Waals surface area (Å²) in [6.45, 7) is 10.0. The summed E-state index contributed by atoms with van der Waals surface area (Å²) in [6, 6.07) is 0. The van der Waals surface area contributed by atoms with Crippen molar-refractivity contribution in [2.45, 2.75) is 58.8 Å². The van der Waals surface area contributed by atoms with Gasteiger partial charge in [0.05, 0.1) is 5.41 Å². The Morgan fingerprint density at radius 3 is 2.32 bits per heavy atom. The normalized spacial score (nSPS) is 25.5. The van der Waals surface area contributed by atoms with Crippen molar-refractivity contribution in [3.05, 3.63) is 0 Å². The number of rotatable bonds is 8. The van der Waals surface area contributed by atoms with E-state index < -0.39 is 0 Å². The van der Waals surface area contributed by atoms with Gasteiger partial charge in [-0.2, -0.15) is 0 Å². The highest BCUT2D eigenvalue weighted by atomic mass is 16.2. The molecular formula is C22H43N5O. The molecule has 0 spiro atoms. The van der Waals surface area contributed by atoms with Crippen molar-refractivity contribution in [3.8, 4) is 0 Å². The first kappa shape index (κ1) is 23.0. The molecule has 1 heterocycles. The first-order valence-electron chi connectivity index (χ1n) is 11.2. The van der Waals surface area contributed by atoms with E-state index >= 15 is 0 Å². The van der Waals surface area contributed by atoms with Crippen molar-refractivity contribution in [1.29, 1.82) is 0 Å². The number of piperidine rings is 1. The first-order valence-corrected chi connectivity index (χ1v) is 11.2. The Hall–Kier alpha value is -1.30. The lowest BCUT2D eigenvalue weighted by atomic mass is 9.84. The average molecular weight is 394 g/mol.